The Hall–Kier alpha value is -4.65. The van der Waals surface area contributed by atoms with Gasteiger partial charge in [-0.25, -0.2) is 13.1 Å². The number of rotatable bonds is 7. The van der Waals surface area contributed by atoms with E-state index in [4.69, 9.17) is 10.5 Å². The van der Waals surface area contributed by atoms with E-state index >= 15 is 0 Å². The van der Waals surface area contributed by atoms with Crippen LogP contribution in [0.15, 0.2) is 75.9 Å². The Morgan fingerprint density at radius 2 is 1.83 bits per heavy atom. The molecule has 178 valence electrons. The number of nitro groups is 1. The van der Waals surface area contributed by atoms with E-state index in [1.165, 1.54) is 42.1 Å². The fourth-order valence-corrected chi connectivity index (χ4v) is 4.08. The van der Waals surface area contributed by atoms with Gasteiger partial charge in [0.25, 0.3) is 11.6 Å². The molecule has 0 bridgehead atoms. The molecule has 0 aliphatic rings. The molecule has 0 unspecified atom stereocenters. The molecule has 13 heteroatoms. The topological polar surface area (TPSA) is 172 Å². The molecule has 0 atom stereocenters. The van der Waals surface area contributed by atoms with Crippen LogP contribution in [0.5, 0.6) is 11.5 Å². The van der Waals surface area contributed by atoms with E-state index in [9.17, 15) is 23.3 Å². The number of nitrogens with zero attached hydrogens (tertiary/aromatic N) is 5. The summed E-state index contributed by atoms with van der Waals surface area (Å²) < 4.78 is 31.4. The molecular formula is C22H18N6O6S. The zero-order chi connectivity index (χ0) is 25.3. The van der Waals surface area contributed by atoms with Crippen LogP contribution in [0.2, 0.25) is 0 Å². The number of ether oxygens (including phenoxy) is 1. The maximum absolute atomic E-state index is 12.3. The average Bonchev–Trinajstić information content (AvgIpc) is 3.19. The number of fused-ring (bicyclic) bond motifs is 1. The second-order valence-electron chi connectivity index (χ2n) is 7.47. The van der Waals surface area contributed by atoms with Crippen LogP contribution in [-0.2, 0) is 16.9 Å². The number of carbonyl (C=O) groups excluding carboxylic acids is 1. The van der Waals surface area contributed by atoms with Crippen molar-refractivity contribution in [1.29, 1.82) is 0 Å². The number of nitrogens with two attached hydrogens (primary N) is 1. The highest BCUT2D eigenvalue weighted by atomic mass is 32.2. The van der Waals surface area contributed by atoms with Gasteiger partial charge in [-0.05, 0) is 23.6 Å². The molecular weight excluding hydrogens is 476 g/mol. The molecule has 4 aromatic rings. The molecule has 35 heavy (non-hydrogen) atoms. The van der Waals surface area contributed by atoms with Crippen LogP contribution in [0, 0.1) is 10.1 Å². The smallest absolute Gasteiger partial charge is 0.269 e. The highest BCUT2D eigenvalue weighted by molar-refractivity contribution is 7.90. The van der Waals surface area contributed by atoms with Crippen molar-refractivity contribution >= 4 is 43.7 Å². The first-order valence-electron chi connectivity index (χ1n) is 9.98. The lowest BCUT2D eigenvalue weighted by Crippen LogP contribution is -2.12. The standard InChI is InChI=1S/C22H18N6O6S/c1-27-22(18(12-24-27)35(2,32)33)26-25-19-16-6-4-3-5-13(16)11-17(21(23)29)20(19)34-15-9-7-14(8-10-15)28(30)31/h3-12H,1-2H3,(H2,23,29)/b26-25+. The molecule has 1 heterocycles. The first kappa shape index (κ1) is 23.5. The van der Waals surface area contributed by atoms with E-state index in [0.717, 1.165) is 12.5 Å². The quantitative estimate of drug-likeness (QED) is 0.228. The third-order valence-corrected chi connectivity index (χ3v) is 6.11. The number of azo groups is 1. The van der Waals surface area contributed by atoms with Crippen LogP contribution in [0.4, 0.5) is 17.2 Å². The highest BCUT2D eigenvalue weighted by Gasteiger charge is 2.22. The van der Waals surface area contributed by atoms with Gasteiger partial charge in [-0.1, -0.05) is 24.3 Å². The largest absolute Gasteiger partial charge is 0.454 e. The molecule has 0 aliphatic carbocycles. The van der Waals surface area contributed by atoms with Crippen molar-refractivity contribution in [1.82, 2.24) is 9.78 Å². The van der Waals surface area contributed by atoms with Crippen molar-refractivity contribution in [3.63, 3.8) is 0 Å². The zero-order valence-corrected chi connectivity index (χ0v) is 19.3. The van der Waals surface area contributed by atoms with E-state index in [1.54, 1.807) is 24.3 Å². The van der Waals surface area contributed by atoms with Crippen LogP contribution in [0.1, 0.15) is 10.4 Å². The Kier molecular flexibility index (Phi) is 6.01. The van der Waals surface area contributed by atoms with Crippen LogP contribution >= 0.6 is 0 Å². The fraction of sp³-hybridized carbons (Fsp3) is 0.0909. The number of carbonyl (C=O) groups is 1. The maximum Gasteiger partial charge on any atom is 0.269 e. The van der Waals surface area contributed by atoms with Crippen molar-refractivity contribution in [3.8, 4) is 11.5 Å². The highest BCUT2D eigenvalue weighted by Crippen LogP contribution is 2.42. The molecule has 1 amide bonds. The molecule has 3 aromatic carbocycles. The molecule has 0 saturated carbocycles. The van der Waals surface area contributed by atoms with Crippen molar-refractivity contribution in [2.24, 2.45) is 23.0 Å². The van der Waals surface area contributed by atoms with E-state index in [-0.39, 0.29) is 39.2 Å². The van der Waals surface area contributed by atoms with Gasteiger partial charge in [-0.3, -0.25) is 14.9 Å². The summed E-state index contributed by atoms with van der Waals surface area (Å²) in [6, 6.07) is 13.7. The summed E-state index contributed by atoms with van der Waals surface area (Å²) in [6.45, 7) is 0. The molecule has 2 N–H and O–H groups in total. The summed E-state index contributed by atoms with van der Waals surface area (Å²) in [5.41, 5.74) is 5.57. The van der Waals surface area contributed by atoms with E-state index < -0.39 is 20.7 Å². The van der Waals surface area contributed by atoms with Gasteiger partial charge in [0.05, 0.1) is 16.7 Å². The molecule has 0 aliphatic heterocycles. The monoisotopic (exact) mass is 494 g/mol. The third kappa shape index (κ3) is 4.70. The Labute approximate surface area is 198 Å². The van der Waals surface area contributed by atoms with Gasteiger partial charge in [0.1, 0.15) is 16.3 Å². The fourth-order valence-electron chi connectivity index (χ4n) is 3.33. The number of hydrogen-bond acceptors (Lipinski definition) is 9. The van der Waals surface area contributed by atoms with Gasteiger partial charge < -0.3 is 10.5 Å². The number of hydrogen-bond donors (Lipinski definition) is 1. The zero-order valence-electron chi connectivity index (χ0n) is 18.4. The first-order valence-corrected chi connectivity index (χ1v) is 11.9. The van der Waals surface area contributed by atoms with Crippen LogP contribution < -0.4 is 10.5 Å². The lowest BCUT2D eigenvalue weighted by molar-refractivity contribution is -0.384. The van der Waals surface area contributed by atoms with E-state index in [0.29, 0.717) is 10.8 Å². The van der Waals surface area contributed by atoms with Gasteiger partial charge >= 0.3 is 0 Å². The minimum absolute atomic E-state index is 0.00987. The number of aryl methyl sites for hydroxylation is 1. The predicted octanol–water partition coefficient (Wildman–Crippen LogP) is 4.19. The third-order valence-electron chi connectivity index (χ3n) is 5.03. The number of aromatic nitrogens is 2. The van der Waals surface area contributed by atoms with E-state index in [1.807, 2.05) is 0 Å². The second kappa shape index (κ2) is 8.95. The SMILES string of the molecule is Cn1ncc(S(C)(=O)=O)c1/N=N/c1c(Oc2ccc([N+](=O)[O-])cc2)c(C(N)=O)cc2ccccc12. The number of benzene rings is 3. The van der Waals surface area contributed by atoms with E-state index in [2.05, 4.69) is 15.3 Å². The molecule has 0 fully saturated rings. The number of nitro benzene ring substituents is 1. The van der Waals surface area contributed by atoms with Gasteiger partial charge in [0.2, 0.25) is 0 Å². The minimum Gasteiger partial charge on any atom is -0.454 e. The normalized spacial score (nSPS) is 11.7. The summed E-state index contributed by atoms with van der Waals surface area (Å²) in [7, 11) is -2.14. The van der Waals surface area contributed by atoms with Gasteiger partial charge in [-0.2, -0.15) is 5.10 Å². The summed E-state index contributed by atoms with van der Waals surface area (Å²) in [5.74, 6) is -0.692. The predicted molar refractivity (Wildman–Crippen MR) is 126 cm³/mol. The van der Waals surface area contributed by atoms with Crippen molar-refractivity contribution in [3.05, 3.63) is 76.5 Å². The molecule has 0 radical (unpaired) electrons. The number of sulfone groups is 1. The van der Waals surface area contributed by atoms with Gasteiger partial charge in [0, 0.05) is 30.8 Å². The molecule has 0 saturated heterocycles. The summed E-state index contributed by atoms with van der Waals surface area (Å²) in [5, 5.41) is 24.4. The second-order valence-corrected chi connectivity index (χ2v) is 9.45. The lowest BCUT2D eigenvalue weighted by Gasteiger charge is -2.14. The van der Waals surface area contributed by atoms with Crippen LogP contribution in [-0.4, -0.2) is 35.3 Å². The summed E-state index contributed by atoms with van der Waals surface area (Å²) in [6.07, 6.45) is 2.19. The van der Waals surface area contributed by atoms with Crippen LogP contribution in [0.25, 0.3) is 10.8 Å². The number of primary amides is 1. The summed E-state index contributed by atoms with van der Waals surface area (Å²) >= 11 is 0. The molecule has 4 rings (SSSR count). The molecule has 0 spiro atoms. The summed E-state index contributed by atoms with van der Waals surface area (Å²) in [4.78, 5) is 22.6. The lowest BCUT2D eigenvalue weighted by atomic mass is 10.0. The van der Waals surface area contributed by atoms with Crippen molar-refractivity contribution in [2.75, 3.05) is 6.26 Å². The average molecular weight is 494 g/mol. The molecule has 1 aromatic heterocycles. The maximum atomic E-state index is 12.3. The number of amides is 1. The number of non-ortho nitro benzene ring substituents is 1. The minimum atomic E-state index is -3.65. The Balaban J connectivity index is 1.93. The van der Waals surface area contributed by atoms with Crippen molar-refractivity contribution < 1.29 is 22.9 Å². The Morgan fingerprint density at radius 1 is 1.14 bits per heavy atom. The Bertz CT molecular complexity index is 1610. The van der Waals surface area contributed by atoms with Gasteiger partial charge in [0.15, 0.2) is 21.4 Å². The first-order chi connectivity index (χ1) is 16.6. The van der Waals surface area contributed by atoms with Crippen LogP contribution in [0.3, 0.4) is 0 Å². The van der Waals surface area contributed by atoms with Crippen molar-refractivity contribution in [2.45, 2.75) is 4.90 Å². The van der Waals surface area contributed by atoms with Gasteiger partial charge in [-0.15, -0.1) is 10.2 Å². The Morgan fingerprint density at radius 3 is 2.46 bits per heavy atom. The molecule has 12 nitrogen and oxygen atoms in total.